The van der Waals surface area contributed by atoms with Gasteiger partial charge in [-0.3, -0.25) is 0 Å². The summed E-state index contributed by atoms with van der Waals surface area (Å²) in [6.07, 6.45) is 9.35. The molecule has 4 aliphatic rings. The quantitative estimate of drug-likeness (QED) is 0.566. The van der Waals surface area contributed by atoms with Crippen LogP contribution in [-0.2, 0) is 11.2 Å². The molecule has 1 aromatic rings. The summed E-state index contributed by atoms with van der Waals surface area (Å²) in [6.45, 7) is 3.04. The van der Waals surface area contributed by atoms with Gasteiger partial charge in [-0.1, -0.05) is 6.92 Å². The van der Waals surface area contributed by atoms with E-state index in [9.17, 15) is 4.79 Å². The summed E-state index contributed by atoms with van der Waals surface area (Å²) < 4.78 is 4.90. The van der Waals surface area contributed by atoms with E-state index < -0.39 is 0 Å². The molecule has 1 aromatic heterocycles. The van der Waals surface area contributed by atoms with E-state index in [1.54, 1.807) is 11.3 Å². The van der Waals surface area contributed by atoms with Gasteiger partial charge in [0.05, 0.1) is 12.7 Å². The van der Waals surface area contributed by atoms with Crippen molar-refractivity contribution >= 4 is 39.6 Å². The van der Waals surface area contributed by atoms with Crippen molar-refractivity contribution in [3.63, 3.8) is 0 Å². The van der Waals surface area contributed by atoms with Gasteiger partial charge in [-0.05, 0) is 86.4 Å². The molecule has 0 saturated heterocycles. The molecule has 0 spiro atoms. The molecule has 0 aliphatic heterocycles. The molecule has 0 amide bonds. The van der Waals surface area contributed by atoms with Gasteiger partial charge in [0, 0.05) is 11.4 Å². The molecule has 0 unspecified atom stereocenters. The van der Waals surface area contributed by atoms with E-state index in [0.29, 0.717) is 16.1 Å². The molecular weight excluding hydrogens is 364 g/mol. The van der Waals surface area contributed by atoms with Crippen LogP contribution in [0.25, 0.3) is 0 Å². The summed E-state index contributed by atoms with van der Waals surface area (Å²) in [7, 11) is 1.42. The van der Waals surface area contributed by atoms with Crippen LogP contribution in [-0.4, -0.2) is 24.7 Å². The number of aryl methyl sites for hydroxylation is 1. The van der Waals surface area contributed by atoms with Crippen molar-refractivity contribution in [2.45, 2.75) is 51.9 Å². The Balaban J connectivity index is 1.39. The number of carbonyl (C=O) groups excluding carboxylic acids is 1. The molecule has 5 rings (SSSR count). The molecule has 1 heterocycles. The van der Waals surface area contributed by atoms with Crippen LogP contribution in [0.2, 0.25) is 0 Å². The number of esters is 1. The SMILES string of the molecule is CCc1cc(C(=O)OC)c(NC(=S)NCC23CC4CC(CC(C4)C2)C3)s1. The van der Waals surface area contributed by atoms with Gasteiger partial charge < -0.3 is 15.4 Å². The lowest BCUT2D eigenvalue weighted by Crippen LogP contribution is -2.51. The Kier molecular flexibility index (Phi) is 4.99. The fraction of sp³-hybridized carbons (Fsp3) is 0.700. The Morgan fingerprint density at radius 2 is 1.88 bits per heavy atom. The third kappa shape index (κ3) is 3.50. The first-order valence-electron chi connectivity index (χ1n) is 9.76. The molecule has 6 heteroatoms. The number of anilines is 1. The second-order valence-electron chi connectivity index (χ2n) is 8.53. The van der Waals surface area contributed by atoms with Gasteiger partial charge in [0.25, 0.3) is 0 Å². The Morgan fingerprint density at radius 1 is 1.27 bits per heavy atom. The van der Waals surface area contributed by atoms with Crippen molar-refractivity contribution in [3.05, 3.63) is 16.5 Å². The monoisotopic (exact) mass is 392 g/mol. The third-order valence-electron chi connectivity index (χ3n) is 6.55. The number of ether oxygens (including phenoxy) is 1. The van der Waals surface area contributed by atoms with Crippen LogP contribution in [0.5, 0.6) is 0 Å². The average molecular weight is 393 g/mol. The number of methoxy groups -OCH3 is 1. The lowest BCUT2D eigenvalue weighted by Gasteiger charge is -2.57. The van der Waals surface area contributed by atoms with Crippen LogP contribution in [0.15, 0.2) is 6.07 Å². The number of thiophene rings is 1. The predicted molar refractivity (Wildman–Crippen MR) is 110 cm³/mol. The number of hydrogen-bond donors (Lipinski definition) is 2. The van der Waals surface area contributed by atoms with Crippen molar-refractivity contribution in [2.24, 2.45) is 23.2 Å². The number of thiocarbonyl (C=S) groups is 1. The van der Waals surface area contributed by atoms with Gasteiger partial charge in [-0.25, -0.2) is 4.79 Å². The highest BCUT2D eigenvalue weighted by molar-refractivity contribution is 7.80. The normalized spacial score (nSPS) is 31.7. The summed E-state index contributed by atoms with van der Waals surface area (Å²) >= 11 is 7.13. The van der Waals surface area contributed by atoms with Gasteiger partial charge >= 0.3 is 5.97 Å². The molecule has 26 heavy (non-hydrogen) atoms. The minimum Gasteiger partial charge on any atom is -0.465 e. The Morgan fingerprint density at radius 3 is 2.42 bits per heavy atom. The third-order valence-corrected chi connectivity index (χ3v) is 7.99. The van der Waals surface area contributed by atoms with E-state index in [0.717, 1.165) is 40.6 Å². The van der Waals surface area contributed by atoms with E-state index in [1.807, 2.05) is 6.07 Å². The zero-order chi connectivity index (χ0) is 18.3. The molecule has 0 aromatic carbocycles. The second kappa shape index (κ2) is 7.12. The van der Waals surface area contributed by atoms with Crippen LogP contribution in [0, 0.1) is 23.2 Å². The number of carbonyl (C=O) groups is 1. The van der Waals surface area contributed by atoms with Crippen LogP contribution < -0.4 is 10.6 Å². The molecule has 4 nitrogen and oxygen atoms in total. The van der Waals surface area contributed by atoms with E-state index in [4.69, 9.17) is 17.0 Å². The first-order valence-corrected chi connectivity index (χ1v) is 11.0. The summed E-state index contributed by atoms with van der Waals surface area (Å²) in [5.41, 5.74) is 1.02. The summed E-state index contributed by atoms with van der Waals surface area (Å²) in [4.78, 5) is 13.2. The molecule has 2 N–H and O–H groups in total. The highest BCUT2D eigenvalue weighted by Crippen LogP contribution is 2.59. The Labute approximate surface area is 165 Å². The number of rotatable bonds is 5. The lowest BCUT2D eigenvalue weighted by molar-refractivity contribution is -0.0490. The van der Waals surface area contributed by atoms with Crippen molar-refractivity contribution < 1.29 is 9.53 Å². The first-order chi connectivity index (χ1) is 12.5. The maximum Gasteiger partial charge on any atom is 0.340 e. The highest BCUT2D eigenvalue weighted by Gasteiger charge is 2.50. The van der Waals surface area contributed by atoms with E-state index >= 15 is 0 Å². The standard InChI is InChI=1S/C20H28N2O2S2/c1-3-15-7-16(18(23)24-2)17(26-15)22-19(25)21-11-20-8-12-4-13(9-20)6-14(5-12)10-20/h7,12-14H,3-6,8-11H2,1-2H3,(H2,21,22,25). The van der Waals surface area contributed by atoms with Crippen LogP contribution >= 0.6 is 23.6 Å². The Bertz CT molecular complexity index is 677. The van der Waals surface area contributed by atoms with Crippen molar-refractivity contribution in [1.82, 2.24) is 5.32 Å². The van der Waals surface area contributed by atoms with Crippen LogP contribution in [0.1, 0.15) is 60.7 Å². The van der Waals surface area contributed by atoms with E-state index in [-0.39, 0.29) is 5.97 Å². The van der Waals surface area contributed by atoms with Gasteiger partial charge in [0.2, 0.25) is 0 Å². The predicted octanol–water partition coefficient (Wildman–Crippen LogP) is 4.60. The van der Waals surface area contributed by atoms with Gasteiger partial charge in [0.15, 0.2) is 5.11 Å². The maximum atomic E-state index is 12.0. The van der Waals surface area contributed by atoms with Gasteiger partial charge in [-0.2, -0.15) is 0 Å². The van der Waals surface area contributed by atoms with Crippen molar-refractivity contribution in [3.8, 4) is 0 Å². The minimum absolute atomic E-state index is 0.313. The molecule has 0 atom stereocenters. The van der Waals surface area contributed by atoms with Gasteiger partial charge in [-0.15, -0.1) is 11.3 Å². The van der Waals surface area contributed by atoms with Gasteiger partial charge in [0.1, 0.15) is 5.00 Å². The molecule has 4 bridgehead atoms. The topological polar surface area (TPSA) is 50.4 Å². The molecule has 4 aliphatic carbocycles. The van der Waals surface area contributed by atoms with Crippen LogP contribution in [0.3, 0.4) is 0 Å². The zero-order valence-corrected chi connectivity index (χ0v) is 17.2. The highest BCUT2D eigenvalue weighted by atomic mass is 32.1. The molecule has 4 fully saturated rings. The first kappa shape index (κ1) is 18.2. The second-order valence-corrected chi connectivity index (χ2v) is 10.1. The van der Waals surface area contributed by atoms with E-state index in [2.05, 4.69) is 17.6 Å². The van der Waals surface area contributed by atoms with Crippen molar-refractivity contribution in [1.29, 1.82) is 0 Å². The van der Waals surface area contributed by atoms with Crippen LogP contribution in [0.4, 0.5) is 5.00 Å². The average Bonchev–Trinajstić information content (AvgIpc) is 3.01. The summed E-state index contributed by atoms with van der Waals surface area (Å²) in [6, 6.07) is 1.90. The van der Waals surface area contributed by atoms with Crippen molar-refractivity contribution in [2.75, 3.05) is 19.0 Å². The number of hydrogen-bond acceptors (Lipinski definition) is 4. The molecule has 4 saturated carbocycles. The fourth-order valence-corrected chi connectivity index (χ4v) is 7.12. The lowest BCUT2D eigenvalue weighted by atomic mass is 9.49. The zero-order valence-electron chi connectivity index (χ0n) is 15.6. The summed E-state index contributed by atoms with van der Waals surface area (Å²) in [5, 5.41) is 8.13. The smallest absolute Gasteiger partial charge is 0.340 e. The molecule has 142 valence electrons. The largest absolute Gasteiger partial charge is 0.465 e. The fourth-order valence-electron chi connectivity index (χ4n) is 5.89. The van der Waals surface area contributed by atoms with E-state index in [1.165, 1.54) is 45.6 Å². The Hall–Kier alpha value is -1.14. The number of nitrogens with one attached hydrogen (secondary N) is 2. The molecular formula is C20H28N2O2S2. The summed E-state index contributed by atoms with van der Waals surface area (Å²) in [5.74, 6) is 2.52. The maximum absolute atomic E-state index is 12.0. The minimum atomic E-state index is -0.313. The molecule has 0 radical (unpaired) electrons.